The zero-order valence-corrected chi connectivity index (χ0v) is 19.1. The first kappa shape index (κ1) is 23.4. The molecule has 6 heteroatoms. The third kappa shape index (κ3) is 4.37. The van der Waals surface area contributed by atoms with E-state index in [1.807, 2.05) is 67.6 Å². The summed E-state index contributed by atoms with van der Waals surface area (Å²) >= 11 is 0. The molecule has 0 saturated carbocycles. The van der Waals surface area contributed by atoms with Gasteiger partial charge in [-0.25, -0.2) is 4.79 Å². The number of Topliss-reactive ketones (excluding diaryl/α,β-unsaturated/α-hetero) is 1. The number of carbonyl (C=O) groups is 3. The second-order valence-corrected chi connectivity index (χ2v) is 8.57. The van der Waals surface area contributed by atoms with E-state index in [1.165, 1.54) is 12.0 Å². The number of nitrogens with zero attached hydrogens (tertiary/aromatic N) is 1. The number of carbonyl (C=O) groups excluding carboxylic acids is 2. The summed E-state index contributed by atoms with van der Waals surface area (Å²) in [6, 6.07) is 23.5. The lowest BCUT2D eigenvalue weighted by molar-refractivity contribution is -0.151. The van der Waals surface area contributed by atoms with Crippen molar-refractivity contribution in [1.82, 2.24) is 4.90 Å². The number of aliphatic carboxylic acids is 1. The fraction of sp³-hybridized carbons (Fsp3) is 0.250. The highest BCUT2D eigenvalue weighted by atomic mass is 16.5. The lowest BCUT2D eigenvalue weighted by Crippen LogP contribution is -2.45. The molecule has 1 aliphatic rings. The monoisotopic (exact) mass is 457 g/mol. The van der Waals surface area contributed by atoms with Crippen molar-refractivity contribution in [3.8, 4) is 0 Å². The second-order valence-electron chi connectivity index (χ2n) is 8.57. The molecule has 0 bridgehead atoms. The number of hydrogen-bond acceptors (Lipinski definition) is 4. The summed E-state index contributed by atoms with van der Waals surface area (Å²) < 4.78 is 5.10. The first-order chi connectivity index (χ1) is 16.4. The Morgan fingerprint density at radius 3 is 2.00 bits per heavy atom. The van der Waals surface area contributed by atoms with E-state index >= 15 is 0 Å². The van der Waals surface area contributed by atoms with E-state index in [-0.39, 0.29) is 12.4 Å². The van der Waals surface area contributed by atoms with Gasteiger partial charge in [-0.05, 0) is 18.1 Å². The van der Waals surface area contributed by atoms with E-state index in [4.69, 9.17) is 4.74 Å². The van der Waals surface area contributed by atoms with Gasteiger partial charge in [0.2, 0.25) is 5.91 Å². The Balaban J connectivity index is 1.97. The van der Waals surface area contributed by atoms with Crippen molar-refractivity contribution in [2.24, 2.45) is 5.92 Å². The first-order valence-corrected chi connectivity index (χ1v) is 11.2. The van der Waals surface area contributed by atoms with Crippen LogP contribution in [0.4, 0.5) is 0 Å². The van der Waals surface area contributed by atoms with Gasteiger partial charge in [0.15, 0.2) is 5.78 Å². The van der Waals surface area contributed by atoms with Crippen LogP contribution in [0.3, 0.4) is 0 Å². The van der Waals surface area contributed by atoms with Crippen LogP contribution < -0.4 is 0 Å². The normalized spacial score (nSPS) is 21.9. The quantitative estimate of drug-likeness (QED) is 0.536. The van der Waals surface area contributed by atoms with Gasteiger partial charge in [0.25, 0.3) is 0 Å². The highest BCUT2D eigenvalue weighted by Gasteiger charge is 2.57. The Hall–Kier alpha value is -3.77. The summed E-state index contributed by atoms with van der Waals surface area (Å²) in [6.07, 6.45) is 0. The number of benzene rings is 3. The highest BCUT2D eigenvalue weighted by molar-refractivity contribution is 6.01. The molecule has 6 nitrogen and oxygen atoms in total. The van der Waals surface area contributed by atoms with E-state index in [2.05, 4.69) is 0 Å². The maximum atomic E-state index is 14.0. The van der Waals surface area contributed by atoms with Gasteiger partial charge in [0.1, 0.15) is 12.6 Å². The maximum Gasteiger partial charge on any atom is 0.327 e. The van der Waals surface area contributed by atoms with Crippen LogP contribution in [0, 0.1) is 12.8 Å². The predicted molar refractivity (Wildman–Crippen MR) is 128 cm³/mol. The average molecular weight is 458 g/mol. The van der Waals surface area contributed by atoms with E-state index in [1.54, 1.807) is 24.3 Å². The molecule has 1 N–H and O–H groups in total. The second kappa shape index (κ2) is 10.0. The highest BCUT2D eigenvalue weighted by Crippen LogP contribution is 2.51. The molecule has 1 amide bonds. The number of aryl methyl sites for hydroxylation is 1. The lowest BCUT2D eigenvalue weighted by atomic mass is 9.76. The third-order valence-corrected chi connectivity index (χ3v) is 6.44. The number of rotatable bonds is 7. The minimum atomic E-state index is -1.23. The van der Waals surface area contributed by atoms with Crippen molar-refractivity contribution in [3.63, 3.8) is 0 Å². The van der Waals surface area contributed by atoms with Gasteiger partial charge >= 0.3 is 5.97 Å². The summed E-state index contributed by atoms with van der Waals surface area (Å²) in [5.74, 6) is -3.35. The van der Waals surface area contributed by atoms with Gasteiger partial charge < -0.3 is 14.7 Å². The summed E-state index contributed by atoms with van der Waals surface area (Å²) in [6.45, 7) is 1.67. The summed E-state index contributed by atoms with van der Waals surface area (Å²) in [5.41, 5.74) is 2.93. The number of carboxylic acids is 1. The smallest absolute Gasteiger partial charge is 0.327 e. The molecule has 0 aromatic heterocycles. The predicted octanol–water partition coefficient (Wildman–Crippen LogP) is 4.26. The van der Waals surface area contributed by atoms with Crippen molar-refractivity contribution in [3.05, 3.63) is 107 Å². The van der Waals surface area contributed by atoms with Crippen molar-refractivity contribution >= 4 is 17.7 Å². The van der Waals surface area contributed by atoms with Crippen LogP contribution in [0.15, 0.2) is 84.9 Å². The molecular weight excluding hydrogens is 430 g/mol. The molecule has 1 aliphatic heterocycles. The van der Waals surface area contributed by atoms with Crippen LogP contribution in [-0.4, -0.2) is 47.4 Å². The summed E-state index contributed by atoms with van der Waals surface area (Å²) in [4.78, 5) is 41.4. The van der Waals surface area contributed by atoms with Gasteiger partial charge in [-0.1, -0.05) is 90.5 Å². The van der Waals surface area contributed by atoms with Crippen LogP contribution in [0.5, 0.6) is 0 Å². The number of likely N-dealkylation sites (tertiary alicyclic amines) is 1. The summed E-state index contributed by atoms with van der Waals surface area (Å²) in [5, 5.41) is 10.4. The van der Waals surface area contributed by atoms with Gasteiger partial charge in [0.05, 0.1) is 12.0 Å². The fourth-order valence-corrected chi connectivity index (χ4v) is 4.99. The number of amides is 1. The van der Waals surface area contributed by atoms with Crippen LogP contribution >= 0.6 is 0 Å². The topological polar surface area (TPSA) is 83.9 Å². The molecular formula is C28H27NO5. The van der Waals surface area contributed by atoms with Gasteiger partial charge in [-0.3, -0.25) is 9.59 Å². The number of hydrogen-bond donors (Lipinski definition) is 1. The fourth-order valence-electron chi connectivity index (χ4n) is 4.99. The first-order valence-electron chi connectivity index (χ1n) is 11.2. The Bertz CT molecular complexity index is 1160. The number of methoxy groups -OCH3 is 1. The van der Waals surface area contributed by atoms with E-state index in [9.17, 15) is 19.5 Å². The SMILES string of the molecule is COCC(=O)N1C(C(=O)O)C(c2ccccc2)C(C(=O)c2ccccc2)C1c1ccc(C)cc1. The zero-order chi connectivity index (χ0) is 24.2. The Kier molecular flexibility index (Phi) is 6.89. The molecule has 1 fully saturated rings. The minimum Gasteiger partial charge on any atom is -0.480 e. The minimum absolute atomic E-state index is 0.195. The zero-order valence-electron chi connectivity index (χ0n) is 19.1. The number of ketones is 1. The van der Waals surface area contributed by atoms with Crippen molar-refractivity contribution in [1.29, 1.82) is 0 Å². The molecule has 4 atom stereocenters. The van der Waals surface area contributed by atoms with Gasteiger partial charge in [0, 0.05) is 18.6 Å². The molecule has 4 unspecified atom stereocenters. The Labute approximate surface area is 198 Å². The molecule has 174 valence electrons. The molecule has 0 aliphatic carbocycles. The Morgan fingerprint density at radius 2 is 1.44 bits per heavy atom. The van der Waals surface area contributed by atoms with Crippen LogP contribution in [-0.2, 0) is 14.3 Å². The Morgan fingerprint density at radius 1 is 0.853 bits per heavy atom. The third-order valence-electron chi connectivity index (χ3n) is 6.44. The molecule has 34 heavy (non-hydrogen) atoms. The average Bonchev–Trinajstić information content (AvgIpc) is 3.22. The molecule has 0 spiro atoms. The molecule has 3 aromatic carbocycles. The largest absolute Gasteiger partial charge is 0.480 e. The van der Waals surface area contributed by atoms with Crippen molar-refractivity contribution in [2.45, 2.75) is 24.9 Å². The number of ether oxygens (including phenoxy) is 1. The molecule has 0 radical (unpaired) electrons. The maximum absolute atomic E-state index is 14.0. The van der Waals surface area contributed by atoms with Crippen LogP contribution in [0.2, 0.25) is 0 Å². The van der Waals surface area contributed by atoms with Gasteiger partial charge in [-0.15, -0.1) is 0 Å². The molecule has 1 heterocycles. The summed E-state index contributed by atoms with van der Waals surface area (Å²) in [7, 11) is 1.39. The molecule has 3 aromatic rings. The van der Waals surface area contributed by atoms with E-state index < -0.39 is 35.8 Å². The lowest BCUT2D eigenvalue weighted by Gasteiger charge is -2.30. The van der Waals surface area contributed by atoms with E-state index in [0.717, 1.165) is 5.56 Å². The van der Waals surface area contributed by atoms with Gasteiger partial charge in [-0.2, -0.15) is 0 Å². The van der Waals surface area contributed by atoms with Crippen LogP contribution in [0.25, 0.3) is 0 Å². The van der Waals surface area contributed by atoms with Crippen LogP contribution in [0.1, 0.15) is 39.0 Å². The van der Waals surface area contributed by atoms with Crippen molar-refractivity contribution < 1.29 is 24.2 Å². The standard InChI is InChI=1S/C28H27NO5/c1-18-13-15-20(16-14-18)25-24(27(31)21-11-7-4-8-12-21)23(19-9-5-3-6-10-19)26(28(32)33)29(25)22(30)17-34-2/h3-16,23-26H,17H2,1-2H3,(H,32,33). The molecule has 1 saturated heterocycles. The molecule has 4 rings (SSSR count). The van der Waals surface area contributed by atoms with E-state index in [0.29, 0.717) is 16.7 Å². The number of carboxylic acid groups (broad SMARTS) is 1. The van der Waals surface area contributed by atoms with Crippen molar-refractivity contribution in [2.75, 3.05) is 13.7 Å².